The monoisotopic (exact) mass is 285 g/mol. The van der Waals surface area contributed by atoms with E-state index in [9.17, 15) is 9.18 Å². The molecule has 0 aliphatic rings. The van der Waals surface area contributed by atoms with Crippen molar-refractivity contribution in [3.63, 3.8) is 0 Å². The smallest absolute Gasteiger partial charge is 0.167 e. The van der Waals surface area contributed by atoms with Crippen LogP contribution in [0.15, 0.2) is 48.5 Å². The van der Waals surface area contributed by atoms with Gasteiger partial charge in [0.15, 0.2) is 5.78 Å². The van der Waals surface area contributed by atoms with E-state index in [0.29, 0.717) is 13.0 Å². The number of benzene rings is 2. The summed E-state index contributed by atoms with van der Waals surface area (Å²) in [6.07, 6.45) is 0.309. The van der Waals surface area contributed by atoms with Crippen molar-refractivity contribution < 1.29 is 9.18 Å². The van der Waals surface area contributed by atoms with Crippen LogP contribution in [0.2, 0.25) is 0 Å². The van der Waals surface area contributed by atoms with Gasteiger partial charge < -0.3 is 4.90 Å². The minimum atomic E-state index is -0.443. The summed E-state index contributed by atoms with van der Waals surface area (Å²) >= 11 is 0. The van der Waals surface area contributed by atoms with Gasteiger partial charge in [0.1, 0.15) is 5.82 Å². The lowest BCUT2D eigenvalue weighted by Crippen LogP contribution is -2.26. The van der Waals surface area contributed by atoms with Crippen LogP contribution in [0, 0.1) is 12.7 Å². The molecule has 0 N–H and O–H groups in total. The van der Waals surface area contributed by atoms with Crippen LogP contribution in [0.25, 0.3) is 0 Å². The Balaban J connectivity index is 2.06. The van der Waals surface area contributed by atoms with Crippen molar-refractivity contribution in [2.75, 3.05) is 18.0 Å². The molecular formula is C18H20FNO. The molecule has 2 nitrogen and oxygen atoms in total. The van der Waals surface area contributed by atoms with Crippen molar-refractivity contribution in [2.24, 2.45) is 0 Å². The van der Waals surface area contributed by atoms with E-state index >= 15 is 0 Å². The minimum Gasteiger partial charge on any atom is -0.371 e. The van der Waals surface area contributed by atoms with Gasteiger partial charge in [-0.2, -0.15) is 0 Å². The maximum absolute atomic E-state index is 13.6. The first kappa shape index (κ1) is 15.2. The van der Waals surface area contributed by atoms with E-state index in [-0.39, 0.29) is 11.3 Å². The van der Waals surface area contributed by atoms with Crippen LogP contribution in [0.4, 0.5) is 10.1 Å². The highest BCUT2D eigenvalue weighted by Gasteiger charge is 2.13. The summed E-state index contributed by atoms with van der Waals surface area (Å²) in [6.45, 7) is 5.51. The molecule has 21 heavy (non-hydrogen) atoms. The molecule has 0 aromatic heterocycles. The van der Waals surface area contributed by atoms with Crippen LogP contribution in [0.3, 0.4) is 0 Å². The summed E-state index contributed by atoms with van der Waals surface area (Å²) in [4.78, 5) is 14.3. The first-order valence-electron chi connectivity index (χ1n) is 7.21. The number of hydrogen-bond donors (Lipinski definition) is 0. The molecule has 0 amide bonds. The predicted molar refractivity (Wildman–Crippen MR) is 84.4 cm³/mol. The number of para-hydroxylation sites is 1. The Bertz CT molecular complexity index is 624. The first-order valence-corrected chi connectivity index (χ1v) is 7.21. The average molecular weight is 285 g/mol. The van der Waals surface area contributed by atoms with Gasteiger partial charge in [0.2, 0.25) is 0 Å². The number of rotatable bonds is 6. The zero-order valence-electron chi connectivity index (χ0n) is 12.5. The van der Waals surface area contributed by atoms with Gasteiger partial charge in [0.05, 0.1) is 5.56 Å². The Morgan fingerprint density at radius 3 is 2.43 bits per heavy atom. The van der Waals surface area contributed by atoms with Crippen LogP contribution in [-0.4, -0.2) is 18.9 Å². The Labute approximate surface area is 125 Å². The molecule has 0 unspecified atom stereocenters. The second kappa shape index (κ2) is 7.02. The molecule has 0 saturated carbocycles. The minimum absolute atomic E-state index is 0.153. The molecule has 2 rings (SSSR count). The molecule has 0 aliphatic heterocycles. The summed E-state index contributed by atoms with van der Waals surface area (Å²) < 4.78 is 13.6. The number of hydrogen-bond acceptors (Lipinski definition) is 2. The summed E-state index contributed by atoms with van der Waals surface area (Å²) in [6, 6.07) is 14.2. The number of Topliss-reactive ketones (excluding diaryl/α,β-unsaturated/α-hetero) is 1. The lowest BCUT2D eigenvalue weighted by molar-refractivity contribution is 0.0981. The van der Waals surface area contributed by atoms with Gasteiger partial charge in [-0.1, -0.05) is 30.3 Å². The maximum atomic E-state index is 13.6. The number of halogens is 1. The molecule has 0 heterocycles. The second-order valence-corrected chi connectivity index (χ2v) is 5.02. The maximum Gasteiger partial charge on any atom is 0.167 e. The SMILES string of the molecule is CCN(CCC(=O)c1ccccc1F)c1ccccc1C. The molecule has 0 radical (unpaired) electrons. The molecule has 0 bridgehead atoms. The van der Waals surface area contributed by atoms with Crippen molar-refractivity contribution in [1.82, 2.24) is 0 Å². The number of aryl methyl sites for hydroxylation is 1. The molecule has 0 spiro atoms. The highest BCUT2D eigenvalue weighted by atomic mass is 19.1. The quantitative estimate of drug-likeness (QED) is 0.740. The topological polar surface area (TPSA) is 20.3 Å². The average Bonchev–Trinajstić information content (AvgIpc) is 2.49. The van der Waals surface area contributed by atoms with Crippen molar-refractivity contribution in [2.45, 2.75) is 20.3 Å². The Morgan fingerprint density at radius 1 is 1.10 bits per heavy atom. The summed E-state index contributed by atoms with van der Waals surface area (Å²) in [5.74, 6) is -0.596. The highest BCUT2D eigenvalue weighted by Crippen LogP contribution is 2.20. The van der Waals surface area contributed by atoms with Gasteiger partial charge in [0, 0.05) is 25.2 Å². The Morgan fingerprint density at radius 2 is 1.76 bits per heavy atom. The van der Waals surface area contributed by atoms with Crippen molar-refractivity contribution in [3.8, 4) is 0 Å². The van der Waals surface area contributed by atoms with Crippen molar-refractivity contribution in [3.05, 3.63) is 65.5 Å². The third-order valence-corrected chi connectivity index (χ3v) is 3.62. The normalized spacial score (nSPS) is 10.4. The molecule has 0 atom stereocenters. The molecule has 0 aliphatic carbocycles. The second-order valence-electron chi connectivity index (χ2n) is 5.02. The number of nitrogens with zero attached hydrogens (tertiary/aromatic N) is 1. The zero-order chi connectivity index (χ0) is 15.2. The molecule has 2 aromatic rings. The molecular weight excluding hydrogens is 265 g/mol. The van der Waals surface area contributed by atoms with E-state index in [2.05, 4.69) is 24.8 Å². The van der Waals surface area contributed by atoms with Crippen molar-refractivity contribution in [1.29, 1.82) is 0 Å². The number of ketones is 1. The largest absolute Gasteiger partial charge is 0.371 e. The standard InChI is InChI=1S/C18H20FNO/c1-3-20(17-11-7-4-8-14(17)2)13-12-18(21)15-9-5-6-10-16(15)19/h4-11H,3,12-13H2,1-2H3. The van der Waals surface area contributed by atoms with Crippen LogP contribution in [-0.2, 0) is 0 Å². The molecule has 2 aromatic carbocycles. The Hall–Kier alpha value is -2.16. The van der Waals surface area contributed by atoms with Crippen molar-refractivity contribution >= 4 is 11.5 Å². The van der Waals surface area contributed by atoms with Gasteiger partial charge in [-0.25, -0.2) is 4.39 Å². The number of carbonyl (C=O) groups is 1. The van der Waals surface area contributed by atoms with Crippen LogP contribution >= 0.6 is 0 Å². The summed E-state index contributed by atoms with van der Waals surface area (Å²) in [5.41, 5.74) is 2.48. The fourth-order valence-electron chi connectivity index (χ4n) is 2.43. The fraction of sp³-hybridized carbons (Fsp3) is 0.278. The molecule has 0 saturated heterocycles. The molecule has 0 fully saturated rings. The van der Waals surface area contributed by atoms with Gasteiger partial charge in [-0.05, 0) is 37.6 Å². The van der Waals surface area contributed by atoms with E-state index in [0.717, 1.165) is 12.2 Å². The Kier molecular flexibility index (Phi) is 5.09. The van der Waals surface area contributed by atoms with Crippen LogP contribution in [0.1, 0.15) is 29.3 Å². The third kappa shape index (κ3) is 3.69. The summed E-state index contributed by atoms with van der Waals surface area (Å²) in [5, 5.41) is 0. The lowest BCUT2D eigenvalue weighted by atomic mass is 10.1. The van der Waals surface area contributed by atoms with E-state index in [4.69, 9.17) is 0 Å². The van der Waals surface area contributed by atoms with Gasteiger partial charge in [-0.3, -0.25) is 4.79 Å². The predicted octanol–water partition coefficient (Wildman–Crippen LogP) is 4.23. The van der Waals surface area contributed by atoms with Crippen LogP contribution < -0.4 is 4.90 Å². The number of anilines is 1. The number of carbonyl (C=O) groups excluding carboxylic acids is 1. The third-order valence-electron chi connectivity index (χ3n) is 3.62. The fourth-order valence-corrected chi connectivity index (χ4v) is 2.43. The first-order chi connectivity index (χ1) is 10.1. The lowest BCUT2D eigenvalue weighted by Gasteiger charge is -2.24. The zero-order valence-corrected chi connectivity index (χ0v) is 12.5. The van der Waals surface area contributed by atoms with E-state index in [1.165, 1.54) is 11.6 Å². The summed E-state index contributed by atoms with van der Waals surface area (Å²) in [7, 11) is 0. The van der Waals surface area contributed by atoms with Gasteiger partial charge in [-0.15, -0.1) is 0 Å². The van der Waals surface area contributed by atoms with Gasteiger partial charge >= 0.3 is 0 Å². The van der Waals surface area contributed by atoms with E-state index < -0.39 is 5.82 Å². The van der Waals surface area contributed by atoms with E-state index in [1.807, 2.05) is 18.2 Å². The van der Waals surface area contributed by atoms with Crippen LogP contribution in [0.5, 0.6) is 0 Å². The molecule has 110 valence electrons. The van der Waals surface area contributed by atoms with Gasteiger partial charge in [0.25, 0.3) is 0 Å². The molecule has 3 heteroatoms. The highest BCUT2D eigenvalue weighted by molar-refractivity contribution is 5.96. The van der Waals surface area contributed by atoms with E-state index in [1.54, 1.807) is 18.2 Å².